The van der Waals surface area contributed by atoms with Crippen LogP contribution in [0.15, 0.2) is 17.0 Å². The van der Waals surface area contributed by atoms with E-state index in [9.17, 15) is 13.2 Å². The van der Waals surface area contributed by atoms with Gasteiger partial charge in [-0.15, -0.1) is 0 Å². The molecule has 0 radical (unpaired) electrons. The van der Waals surface area contributed by atoms with Crippen molar-refractivity contribution >= 4 is 27.5 Å². The zero-order chi connectivity index (χ0) is 14.9. The fourth-order valence-corrected chi connectivity index (χ4v) is 2.84. The topological polar surface area (TPSA) is 98.5 Å². The number of hydrogen-bond donors (Lipinski definition) is 2. The summed E-state index contributed by atoms with van der Waals surface area (Å²) in [6.07, 6.45) is 2.19. The molecule has 1 saturated carbocycles. The Labute approximate surface area is 122 Å². The minimum atomic E-state index is -4.03. The molecule has 2 rings (SSSR count). The van der Waals surface area contributed by atoms with Gasteiger partial charge in [0.2, 0.25) is 10.0 Å². The number of amides is 1. The minimum absolute atomic E-state index is 0.0599. The second kappa shape index (κ2) is 5.59. The Morgan fingerprint density at radius 3 is 2.65 bits per heavy atom. The van der Waals surface area contributed by atoms with Crippen LogP contribution in [0.5, 0.6) is 5.75 Å². The Morgan fingerprint density at radius 1 is 1.50 bits per heavy atom. The highest BCUT2D eigenvalue weighted by atomic mass is 35.5. The molecule has 1 aliphatic rings. The number of sulfonamides is 1. The van der Waals surface area contributed by atoms with Crippen LogP contribution >= 0.6 is 11.6 Å². The molecule has 0 spiro atoms. The Balaban J connectivity index is 2.40. The standard InChI is InChI=1S/C12H15ClN2O4S/c1-19-11-9(12(16)15-6-7-2-3-7)4-8(13)5-10(11)20(14,17)18/h4-5,7H,2-3,6H2,1H3,(H,15,16)(H2,14,17,18). The first-order valence-corrected chi connectivity index (χ1v) is 7.94. The van der Waals surface area contributed by atoms with Gasteiger partial charge < -0.3 is 10.1 Å². The number of nitrogens with one attached hydrogen (secondary N) is 1. The maximum absolute atomic E-state index is 12.1. The summed E-state index contributed by atoms with van der Waals surface area (Å²) in [5.41, 5.74) is 0.0599. The van der Waals surface area contributed by atoms with Crippen LogP contribution in [0.4, 0.5) is 0 Å². The van der Waals surface area contributed by atoms with E-state index in [4.69, 9.17) is 21.5 Å². The van der Waals surface area contributed by atoms with Crippen molar-refractivity contribution in [3.8, 4) is 5.75 Å². The Hall–Kier alpha value is -1.31. The molecule has 8 heteroatoms. The molecule has 0 bridgehead atoms. The normalized spacial score (nSPS) is 14.9. The molecule has 6 nitrogen and oxygen atoms in total. The molecule has 3 N–H and O–H groups in total. The monoisotopic (exact) mass is 318 g/mol. The van der Waals surface area contributed by atoms with Crippen LogP contribution in [-0.2, 0) is 10.0 Å². The molecule has 0 heterocycles. The van der Waals surface area contributed by atoms with Gasteiger partial charge in [-0.05, 0) is 30.9 Å². The molecule has 1 aliphatic carbocycles. The van der Waals surface area contributed by atoms with E-state index in [-0.39, 0.29) is 21.2 Å². The van der Waals surface area contributed by atoms with Crippen molar-refractivity contribution in [2.24, 2.45) is 11.1 Å². The molecule has 20 heavy (non-hydrogen) atoms. The number of rotatable bonds is 5. The van der Waals surface area contributed by atoms with Crippen molar-refractivity contribution in [3.05, 3.63) is 22.7 Å². The summed E-state index contributed by atoms with van der Waals surface area (Å²) in [6, 6.07) is 2.52. The van der Waals surface area contributed by atoms with Gasteiger partial charge in [0.15, 0.2) is 5.75 Å². The van der Waals surface area contributed by atoms with Crippen molar-refractivity contribution < 1.29 is 17.9 Å². The van der Waals surface area contributed by atoms with Crippen molar-refractivity contribution in [1.82, 2.24) is 5.32 Å². The van der Waals surface area contributed by atoms with Crippen LogP contribution in [0.25, 0.3) is 0 Å². The molecule has 110 valence electrons. The van der Waals surface area contributed by atoms with E-state index in [1.54, 1.807) is 0 Å². The van der Waals surface area contributed by atoms with E-state index < -0.39 is 15.9 Å². The number of ether oxygens (including phenoxy) is 1. The molecular formula is C12H15ClN2O4S. The third-order valence-electron chi connectivity index (χ3n) is 3.02. The summed E-state index contributed by atoms with van der Waals surface area (Å²) in [4.78, 5) is 11.8. The molecule has 0 unspecified atom stereocenters. The second-order valence-electron chi connectivity index (χ2n) is 4.68. The number of methoxy groups -OCH3 is 1. The van der Waals surface area contributed by atoms with Crippen molar-refractivity contribution in [2.45, 2.75) is 17.7 Å². The molecule has 0 aliphatic heterocycles. The lowest BCUT2D eigenvalue weighted by Gasteiger charge is -2.13. The number of benzene rings is 1. The Bertz CT molecular complexity index is 641. The highest BCUT2D eigenvalue weighted by molar-refractivity contribution is 7.89. The van der Waals surface area contributed by atoms with Gasteiger partial charge in [0, 0.05) is 11.6 Å². The highest BCUT2D eigenvalue weighted by Gasteiger charge is 2.26. The lowest BCUT2D eigenvalue weighted by molar-refractivity contribution is 0.0948. The molecule has 0 atom stereocenters. The van der Waals surface area contributed by atoms with Gasteiger partial charge in [0.25, 0.3) is 5.91 Å². The van der Waals surface area contributed by atoms with E-state index in [2.05, 4.69) is 5.32 Å². The average molecular weight is 319 g/mol. The number of primary sulfonamides is 1. The maximum Gasteiger partial charge on any atom is 0.255 e. The van der Waals surface area contributed by atoms with Gasteiger partial charge in [-0.2, -0.15) is 0 Å². The van der Waals surface area contributed by atoms with Gasteiger partial charge in [-0.25, -0.2) is 13.6 Å². The van der Waals surface area contributed by atoms with E-state index in [0.29, 0.717) is 12.5 Å². The maximum atomic E-state index is 12.1. The number of halogens is 1. The molecule has 0 saturated heterocycles. The smallest absolute Gasteiger partial charge is 0.255 e. The SMILES string of the molecule is COc1c(C(=O)NCC2CC2)cc(Cl)cc1S(N)(=O)=O. The average Bonchev–Trinajstić information content (AvgIpc) is 3.17. The van der Waals surface area contributed by atoms with Crippen LogP contribution in [0.3, 0.4) is 0 Å². The third-order valence-corrected chi connectivity index (χ3v) is 4.16. The first-order valence-electron chi connectivity index (χ1n) is 6.01. The summed E-state index contributed by atoms with van der Waals surface area (Å²) < 4.78 is 28.1. The number of carbonyl (C=O) groups excluding carboxylic acids is 1. The van der Waals surface area contributed by atoms with Crippen molar-refractivity contribution in [1.29, 1.82) is 0 Å². The largest absolute Gasteiger partial charge is 0.494 e. The lowest BCUT2D eigenvalue weighted by Crippen LogP contribution is -2.26. The van der Waals surface area contributed by atoms with Gasteiger partial charge in [-0.3, -0.25) is 4.79 Å². The van der Waals surface area contributed by atoms with Gasteiger partial charge >= 0.3 is 0 Å². The molecule has 1 aromatic rings. The first-order chi connectivity index (χ1) is 9.32. The van der Waals surface area contributed by atoms with Crippen molar-refractivity contribution in [3.63, 3.8) is 0 Å². The van der Waals surface area contributed by atoms with E-state index >= 15 is 0 Å². The van der Waals surface area contributed by atoms with E-state index in [1.807, 2.05) is 0 Å². The second-order valence-corrected chi connectivity index (χ2v) is 6.65. The molecule has 1 fully saturated rings. The number of carbonyl (C=O) groups is 1. The van der Waals surface area contributed by atoms with Crippen LogP contribution in [0.2, 0.25) is 5.02 Å². The summed E-state index contributed by atoms with van der Waals surface area (Å²) in [5.74, 6) is -0.0202. The lowest BCUT2D eigenvalue weighted by atomic mass is 10.2. The number of hydrogen-bond acceptors (Lipinski definition) is 4. The molecule has 1 amide bonds. The predicted molar refractivity (Wildman–Crippen MR) is 74.4 cm³/mol. The van der Waals surface area contributed by atoms with Crippen LogP contribution < -0.4 is 15.2 Å². The van der Waals surface area contributed by atoms with E-state index in [0.717, 1.165) is 18.9 Å². The minimum Gasteiger partial charge on any atom is -0.494 e. The first kappa shape index (κ1) is 15.1. The highest BCUT2D eigenvalue weighted by Crippen LogP contribution is 2.32. The summed E-state index contributed by atoms with van der Waals surface area (Å²) in [6.45, 7) is 0.555. The zero-order valence-corrected chi connectivity index (χ0v) is 12.4. The Morgan fingerprint density at radius 2 is 2.15 bits per heavy atom. The fourth-order valence-electron chi connectivity index (χ4n) is 1.81. The summed E-state index contributed by atoms with van der Waals surface area (Å²) in [5, 5.41) is 7.94. The van der Waals surface area contributed by atoms with E-state index in [1.165, 1.54) is 13.2 Å². The van der Waals surface area contributed by atoms with Gasteiger partial charge in [-0.1, -0.05) is 11.6 Å². The van der Waals surface area contributed by atoms with Gasteiger partial charge in [0.1, 0.15) is 4.90 Å². The predicted octanol–water partition coefficient (Wildman–Crippen LogP) is 1.14. The van der Waals surface area contributed by atoms with Crippen LogP contribution in [-0.4, -0.2) is 28.0 Å². The van der Waals surface area contributed by atoms with Crippen LogP contribution in [0, 0.1) is 5.92 Å². The van der Waals surface area contributed by atoms with Crippen LogP contribution in [0.1, 0.15) is 23.2 Å². The molecule has 1 aromatic carbocycles. The molecular weight excluding hydrogens is 304 g/mol. The Kier molecular flexibility index (Phi) is 4.22. The molecule has 0 aromatic heterocycles. The van der Waals surface area contributed by atoms with Gasteiger partial charge in [0.05, 0.1) is 12.7 Å². The summed E-state index contributed by atoms with van der Waals surface area (Å²) >= 11 is 5.85. The quantitative estimate of drug-likeness (QED) is 0.850. The summed E-state index contributed by atoms with van der Waals surface area (Å²) in [7, 11) is -2.76. The third kappa shape index (κ3) is 3.41. The van der Waals surface area contributed by atoms with Crippen molar-refractivity contribution in [2.75, 3.05) is 13.7 Å². The fraction of sp³-hybridized carbons (Fsp3) is 0.417. The zero-order valence-electron chi connectivity index (χ0n) is 10.8. The number of nitrogens with two attached hydrogens (primary N) is 1.